The fourth-order valence-electron chi connectivity index (χ4n) is 6.12. The van der Waals surface area contributed by atoms with Gasteiger partial charge in [0, 0.05) is 20.9 Å². The van der Waals surface area contributed by atoms with Gasteiger partial charge in [-0.15, -0.1) is 0 Å². The van der Waals surface area contributed by atoms with Gasteiger partial charge in [0.05, 0.1) is 17.9 Å². The molecule has 0 amide bonds. The first-order valence-corrected chi connectivity index (χ1v) is 15.3. The number of nitrogens with zero attached hydrogens (tertiary/aromatic N) is 1. The molecule has 0 aliphatic carbocycles. The second-order valence-corrected chi connectivity index (χ2v) is 11.6. The van der Waals surface area contributed by atoms with E-state index >= 15 is 0 Å². The molecule has 208 valence electrons. The van der Waals surface area contributed by atoms with Crippen LogP contribution >= 0.6 is 15.9 Å². The van der Waals surface area contributed by atoms with Gasteiger partial charge in [-0.25, -0.2) is 0 Å². The van der Waals surface area contributed by atoms with Crippen molar-refractivity contribution < 1.29 is 6.85 Å². The number of benzene rings is 7. The van der Waals surface area contributed by atoms with Crippen molar-refractivity contribution in [2.75, 3.05) is 0 Å². The van der Waals surface area contributed by atoms with Gasteiger partial charge in [-0.2, -0.15) is 0 Å². The minimum Gasteiger partial charge on any atom is -0.309 e. The third-order valence-corrected chi connectivity index (χ3v) is 8.88. The fourth-order valence-corrected chi connectivity index (χ4v) is 6.63. The smallest absolute Gasteiger partial charge is 0.0629 e. The highest BCUT2D eigenvalue weighted by atomic mass is 79.9. The summed E-state index contributed by atoms with van der Waals surface area (Å²) in [7, 11) is 0. The third kappa shape index (κ3) is 4.65. The van der Waals surface area contributed by atoms with Crippen molar-refractivity contribution in [3.63, 3.8) is 0 Å². The van der Waals surface area contributed by atoms with Crippen LogP contribution in [0.1, 0.15) is 6.85 Å². The number of rotatable bonds is 5. The molecule has 44 heavy (non-hydrogen) atoms. The van der Waals surface area contributed by atoms with E-state index in [2.05, 4.69) is 111 Å². The van der Waals surface area contributed by atoms with Crippen LogP contribution in [0.25, 0.3) is 72.0 Å². The van der Waals surface area contributed by atoms with Crippen molar-refractivity contribution in [3.05, 3.63) is 174 Å². The monoisotopic (exact) mass is 630 g/mol. The SMILES string of the molecule is [2H]c1c([2H])c([2H])c(-c2ccccc2-c2cccc(-n3c4ccccc4c4ccc(-c5ccc(-c6ccccc6Br)cc5)cc43)c2)c([2H])c1[2H]. The Morgan fingerprint density at radius 3 is 1.86 bits per heavy atom. The molecule has 0 N–H and O–H groups in total. The van der Waals surface area contributed by atoms with E-state index in [4.69, 9.17) is 6.85 Å². The molecule has 0 saturated heterocycles. The zero-order valence-electron chi connectivity index (χ0n) is 28.6. The molecule has 8 aromatic rings. The molecule has 2 heteroatoms. The van der Waals surface area contributed by atoms with Crippen molar-refractivity contribution >= 4 is 37.7 Å². The summed E-state index contributed by atoms with van der Waals surface area (Å²) >= 11 is 3.68. The Morgan fingerprint density at radius 2 is 1.07 bits per heavy atom. The van der Waals surface area contributed by atoms with E-state index < -0.39 is 6.04 Å². The van der Waals surface area contributed by atoms with Gasteiger partial charge in [0.15, 0.2) is 0 Å². The normalized spacial score (nSPS) is 12.9. The van der Waals surface area contributed by atoms with Crippen LogP contribution in [0, 0.1) is 0 Å². The van der Waals surface area contributed by atoms with Gasteiger partial charge in [-0.3, -0.25) is 0 Å². The van der Waals surface area contributed by atoms with Crippen molar-refractivity contribution in [1.82, 2.24) is 4.57 Å². The summed E-state index contributed by atoms with van der Waals surface area (Å²) < 4.78 is 45.2. The lowest BCUT2D eigenvalue weighted by Gasteiger charge is -2.14. The average molecular weight is 632 g/mol. The quantitative estimate of drug-likeness (QED) is 0.178. The molecule has 7 aromatic carbocycles. The van der Waals surface area contributed by atoms with E-state index in [-0.39, 0.29) is 29.7 Å². The standard InChI is InChI=1S/C42H28BrN/c43-40-19-8-6-17-37(40)31-23-21-29(22-24-31)32-25-26-39-38-18-7-9-20-41(38)44(42(39)28-32)34-14-10-13-33(27-34)36-16-5-4-15-35(36)30-11-2-1-3-12-30/h1-28H/i1D,2D,3D,11D,12D. The summed E-state index contributed by atoms with van der Waals surface area (Å²) in [5.74, 6) is 0. The Morgan fingerprint density at radius 1 is 0.432 bits per heavy atom. The first kappa shape index (κ1) is 21.5. The third-order valence-electron chi connectivity index (χ3n) is 8.19. The van der Waals surface area contributed by atoms with Gasteiger partial charge < -0.3 is 4.57 Å². The number of halogens is 1. The van der Waals surface area contributed by atoms with Crippen molar-refractivity contribution in [2.45, 2.75) is 0 Å². The van der Waals surface area contributed by atoms with Gasteiger partial charge in [0.2, 0.25) is 0 Å². The molecule has 1 heterocycles. The highest BCUT2D eigenvalue weighted by molar-refractivity contribution is 9.10. The number of hydrogen-bond donors (Lipinski definition) is 0. The summed E-state index contributed by atoms with van der Waals surface area (Å²) in [6.07, 6.45) is 0. The Labute approximate surface area is 272 Å². The van der Waals surface area contributed by atoms with Gasteiger partial charge in [-0.1, -0.05) is 155 Å². The van der Waals surface area contributed by atoms with Crippen LogP contribution in [0.5, 0.6) is 0 Å². The predicted molar refractivity (Wildman–Crippen MR) is 190 cm³/mol. The fraction of sp³-hybridized carbons (Fsp3) is 0. The molecule has 0 aliphatic rings. The lowest BCUT2D eigenvalue weighted by Crippen LogP contribution is -1.95. The summed E-state index contributed by atoms with van der Waals surface area (Å²) in [5.41, 5.74) is 10.1. The number of fused-ring (bicyclic) bond motifs is 3. The lowest BCUT2D eigenvalue weighted by molar-refractivity contribution is 1.18. The Hall–Kier alpha value is -5.18. The molecule has 1 nitrogen and oxygen atoms in total. The van der Waals surface area contributed by atoms with Crippen molar-refractivity contribution in [1.29, 1.82) is 0 Å². The maximum Gasteiger partial charge on any atom is 0.0629 e. The minimum atomic E-state index is -0.399. The van der Waals surface area contributed by atoms with Crippen LogP contribution in [0.3, 0.4) is 0 Å². The maximum atomic E-state index is 8.65. The van der Waals surface area contributed by atoms with Gasteiger partial charge in [0.1, 0.15) is 0 Å². The van der Waals surface area contributed by atoms with E-state index in [0.717, 1.165) is 65.3 Å². The van der Waals surface area contributed by atoms with E-state index in [0.29, 0.717) is 5.56 Å². The number of para-hydroxylation sites is 1. The summed E-state index contributed by atoms with van der Waals surface area (Å²) in [5, 5.41) is 2.30. The van der Waals surface area contributed by atoms with Crippen LogP contribution in [0.4, 0.5) is 0 Å². The van der Waals surface area contributed by atoms with Gasteiger partial charge >= 0.3 is 0 Å². The van der Waals surface area contributed by atoms with Crippen molar-refractivity contribution in [2.24, 2.45) is 0 Å². The Balaban J connectivity index is 1.28. The molecule has 0 bridgehead atoms. The summed E-state index contributed by atoms with van der Waals surface area (Å²) in [6, 6.07) is 46.1. The Bertz CT molecular complexity index is 2540. The zero-order valence-corrected chi connectivity index (χ0v) is 25.2. The predicted octanol–water partition coefficient (Wildman–Crippen LogP) is 12.2. The first-order valence-electron chi connectivity index (χ1n) is 17.0. The second kappa shape index (κ2) is 11.1. The molecule has 0 radical (unpaired) electrons. The van der Waals surface area contributed by atoms with E-state index in [1.54, 1.807) is 0 Å². The Kier molecular flexibility index (Phi) is 5.45. The molecular weight excluding hydrogens is 598 g/mol. The first-order chi connectivity index (χ1) is 23.8. The molecule has 0 saturated carbocycles. The van der Waals surface area contributed by atoms with E-state index in [1.807, 2.05) is 48.5 Å². The zero-order chi connectivity index (χ0) is 33.8. The highest BCUT2D eigenvalue weighted by Gasteiger charge is 2.15. The molecule has 1 aromatic heterocycles. The summed E-state index contributed by atoms with van der Waals surface area (Å²) in [6.45, 7) is 0. The summed E-state index contributed by atoms with van der Waals surface area (Å²) in [4.78, 5) is 0. The van der Waals surface area contributed by atoms with E-state index in [1.165, 1.54) is 0 Å². The van der Waals surface area contributed by atoms with Crippen LogP contribution in [0.2, 0.25) is 0 Å². The highest BCUT2D eigenvalue weighted by Crippen LogP contribution is 2.38. The molecule has 8 rings (SSSR count). The molecule has 0 atom stereocenters. The van der Waals surface area contributed by atoms with Gasteiger partial charge in [-0.05, 0) is 74.8 Å². The van der Waals surface area contributed by atoms with Crippen molar-refractivity contribution in [3.8, 4) is 50.2 Å². The molecule has 0 unspecified atom stereocenters. The van der Waals surface area contributed by atoms with Crippen LogP contribution in [-0.4, -0.2) is 4.57 Å². The lowest BCUT2D eigenvalue weighted by atomic mass is 9.94. The second-order valence-electron chi connectivity index (χ2n) is 10.7. The number of hydrogen-bond acceptors (Lipinski definition) is 0. The van der Waals surface area contributed by atoms with Gasteiger partial charge in [0.25, 0.3) is 0 Å². The largest absolute Gasteiger partial charge is 0.309 e. The van der Waals surface area contributed by atoms with Crippen LogP contribution in [-0.2, 0) is 0 Å². The molecular formula is C42H28BrN. The minimum absolute atomic E-state index is 0.194. The molecule has 0 spiro atoms. The molecule has 0 fully saturated rings. The topological polar surface area (TPSA) is 4.93 Å². The van der Waals surface area contributed by atoms with Crippen LogP contribution < -0.4 is 0 Å². The molecule has 0 aliphatic heterocycles. The van der Waals surface area contributed by atoms with E-state index in [9.17, 15) is 0 Å². The number of aromatic nitrogens is 1. The maximum absolute atomic E-state index is 8.65. The van der Waals surface area contributed by atoms with Crippen LogP contribution in [0.15, 0.2) is 174 Å². The average Bonchev–Trinajstić information content (AvgIpc) is 3.47.